The molecule has 0 radical (unpaired) electrons. The Morgan fingerprint density at radius 1 is 0.895 bits per heavy atom. The molecule has 19 heavy (non-hydrogen) atoms. The first-order valence-corrected chi connectivity index (χ1v) is 8.23. The van der Waals surface area contributed by atoms with Crippen LogP contribution in [0.2, 0.25) is 0 Å². The zero-order valence-electron chi connectivity index (χ0n) is 11.9. The maximum Gasteiger partial charge on any atom is 0.303 e. The number of hydrogen-bond acceptors (Lipinski definition) is 2. The van der Waals surface area contributed by atoms with Crippen molar-refractivity contribution in [2.45, 2.75) is 88.8 Å². The van der Waals surface area contributed by atoms with E-state index in [2.05, 4.69) is 4.90 Å². The van der Waals surface area contributed by atoms with Gasteiger partial charge < -0.3 is 5.11 Å². The third-order valence-electron chi connectivity index (χ3n) is 5.60. The molecule has 3 fully saturated rings. The van der Waals surface area contributed by atoms with Crippen LogP contribution in [-0.4, -0.2) is 34.1 Å². The zero-order chi connectivity index (χ0) is 13.2. The van der Waals surface area contributed by atoms with Gasteiger partial charge in [0.25, 0.3) is 0 Å². The van der Waals surface area contributed by atoms with Crippen molar-refractivity contribution in [3.63, 3.8) is 0 Å². The van der Waals surface area contributed by atoms with Crippen LogP contribution in [0.1, 0.15) is 70.6 Å². The van der Waals surface area contributed by atoms with E-state index in [9.17, 15) is 4.79 Å². The first-order chi connectivity index (χ1) is 9.24. The summed E-state index contributed by atoms with van der Waals surface area (Å²) in [6.07, 6.45) is 13.7. The second-order valence-electron chi connectivity index (χ2n) is 6.91. The molecular formula is C16H27NO2. The molecule has 3 heteroatoms. The number of carboxylic acids is 1. The van der Waals surface area contributed by atoms with Gasteiger partial charge in [0.05, 0.1) is 0 Å². The van der Waals surface area contributed by atoms with Crippen molar-refractivity contribution in [2.24, 2.45) is 5.92 Å². The zero-order valence-corrected chi connectivity index (χ0v) is 11.9. The van der Waals surface area contributed by atoms with Crippen molar-refractivity contribution in [1.82, 2.24) is 4.90 Å². The van der Waals surface area contributed by atoms with Gasteiger partial charge in [-0.05, 0) is 44.4 Å². The van der Waals surface area contributed by atoms with Crippen LogP contribution in [0.4, 0.5) is 0 Å². The third-order valence-corrected chi connectivity index (χ3v) is 5.60. The van der Waals surface area contributed by atoms with Crippen LogP contribution < -0.4 is 0 Å². The highest BCUT2D eigenvalue weighted by atomic mass is 16.4. The Morgan fingerprint density at radius 3 is 2.00 bits per heavy atom. The minimum atomic E-state index is -0.604. The molecule has 0 aromatic rings. The SMILES string of the molecule is O=C(O)CC1CC2CCC(C1)N2C1CCCCCC1. The molecule has 2 aliphatic heterocycles. The van der Waals surface area contributed by atoms with Crippen molar-refractivity contribution in [3.05, 3.63) is 0 Å². The lowest BCUT2D eigenvalue weighted by atomic mass is 9.86. The molecule has 2 atom stereocenters. The van der Waals surface area contributed by atoms with Crippen LogP contribution in [0.25, 0.3) is 0 Å². The van der Waals surface area contributed by atoms with Crippen molar-refractivity contribution >= 4 is 5.97 Å². The summed E-state index contributed by atoms with van der Waals surface area (Å²) in [5, 5.41) is 9.00. The molecule has 0 amide bonds. The second kappa shape index (κ2) is 5.82. The smallest absolute Gasteiger partial charge is 0.303 e. The number of nitrogens with zero attached hydrogens (tertiary/aromatic N) is 1. The number of carbonyl (C=O) groups is 1. The van der Waals surface area contributed by atoms with Gasteiger partial charge in [-0.1, -0.05) is 25.7 Å². The maximum atomic E-state index is 10.9. The van der Waals surface area contributed by atoms with Crippen LogP contribution in [0.15, 0.2) is 0 Å². The van der Waals surface area contributed by atoms with Gasteiger partial charge in [0.1, 0.15) is 0 Å². The summed E-state index contributed by atoms with van der Waals surface area (Å²) in [4.78, 5) is 13.7. The number of carboxylic acid groups (broad SMARTS) is 1. The molecule has 0 spiro atoms. The molecule has 1 aliphatic carbocycles. The molecule has 1 saturated carbocycles. The van der Waals surface area contributed by atoms with E-state index in [1.54, 1.807) is 0 Å². The molecule has 3 rings (SSSR count). The minimum Gasteiger partial charge on any atom is -0.481 e. The van der Waals surface area contributed by atoms with Crippen LogP contribution in [0.3, 0.4) is 0 Å². The average Bonchev–Trinajstić information content (AvgIpc) is 2.60. The van der Waals surface area contributed by atoms with Crippen LogP contribution in [-0.2, 0) is 4.79 Å². The van der Waals surface area contributed by atoms with Gasteiger partial charge in [0.2, 0.25) is 0 Å². The molecular weight excluding hydrogens is 238 g/mol. The first kappa shape index (κ1) is 13.4. The molecule has 1 N–H and O–H groups in total. The lowest BCUT2D eigenvalue weighted by Gasteiger charge is -2.43. The quantitative estimate of drug-likeness (QED) is 0.795. The van der Waals surface area contributed by atoms with Gasteiger partial charge >= 0.3 is 5.97 Å². The van der Waals surface area contributed by atoms with Crippen molar-refractivity contribution in [3.8, 4) is 0 Å². The number of fused-ring (bicyclic) bond motifs is 2. The van der Waals surface area contributed by atoms with E-state index in [-0.39, 0.29) is 0 Å². The second-order valence-corrected chi connectivity index (χ2v) is 6.91. The summed E-state index contributed by atoms with van der Waals surface area (Å²) >= 11 is 0. The Morgan fingerprint density at radius 2 is 1.47 bits per heavy atom. The molecule has 3 nitrogen and oxygen atoms in total. The van der Waals surface area contributed by atoms with Gasteiger partial charge in [0, 0.05) is 24.5 Å². The normalized spacial score (nSPS) is 37.2. The molecule has 3 aliphatic rings. The predicted octanol–water partition coefficient (Wildman–Crippen LogP) is 3.43. The molecule has 0 aromatic heterocycles. The van der Waals surface area contributed by atoms with E-state index in [1.807, 2.05) is 0 Å². The van der Waals surface area contributed by atoms with Crippen LogP contribution in [0.5, 0.6) is 0 Å². The molecule has 108 valence electrons. The highest BCUT2D eigenvalue weighted by Crippen LogP contribution is 2.43. The van der Waals surface area contributed by atoms with Crippen LogP contribution in [0, 0.1) is 5.92 Å². The summed E-state index contributed by atoms with van der Waals surface area (Å²) in [6.45, 7) is 0. The van der Waals surface area contributed by atoms with E-state index in [1.165, 1.54) is 51.4 Å². The van der Waals surface area contributed by atoms with E-state index >= 15 is 0 Å². The summed E-state index contributed by atoms with van der Waals surface area (Å²) in [6, 6.07) is 2.21. The van der Waals surface area contributed by atoms with E-state index in [0.717, 1.165) is 18.9 Å². The summed E-state index contributed by atoms with van der Waals surface area (Å²) in [5.74, 6) is -0.163. The van der Waals surface area contributed by atoms with E-state index in [4.69, 9.17) is 5.11 Å². The molecule has 2 bridgehead atoms. The highest BCUT2D eigenvalue weighted by Gasteiger charge is 2.43. The summed E-state index contributed by atoms with van der Waals surface area (Å²) in [5.41, 5.74) is 0. The third kappa shape index (κ3) is 2.96. The molecule has 2 heterocycles. The summed E-state index contributed by atoms with van der Waals surface area (Å²) in [7, 11) is 0. The number of rotatable bonds is 3. The largest absolute Gasteiger partial charge is 0.481 e. The van der Waals surface area contributed by atoms with E-state index < -0.39 is 5.97 Å². The van der Waals surface area contributed by atoms with Crippen LogP contribution >= 0.6 is 0 Å². The Labute approximate surface area is 116 Å². The lowest BCUT2D eigenvalue weighted by Crippen LogP contribution is -2.48. The Balaban J connectivity index is 1.63. The fourth-order valence-corrected chi connectivity index (χ4v) is 4.89. The van der Waals surface area contributed by atoms with Crippen molar-refractivity contribution < 1.29 is 9.90 Å². The standard InChI is InChI=1S/C16H27NO2/c18-16(19)11-12-9-14-7-8-15(10-12)17(14)13-5-3-1-2-4-6-13/h12-15H,1-11H2,(H,18,19). The van der Waals surface area contributed by atoms with Crippen molar-refractivity contribution in [1.29, 1.82) is 0 Å². The van der Waals surface area contributed by atoms with Gasteiger partial charge in [0.15, 0.2) is 0 Å². The number of piperidine rings is 1. The molecule has 2 unspecified atom stereocenters. The molecule has 0 aromatic carbocycles. The Hall–Kier alpha value is -0.570. The fourth-order valence-electron chi connectivity index (χ4n) is 4.89. The first-order valence-electron chi connectivity index (χ1n) is 8.23. The predicted molar refractivity (Wildman–Crippen MR) is 75.1 cm³/mol. The van der Waals surface area contributed by atoms with Crippen molar-refractivity contribution in [2.75, 3.05) is 0 Å². The number of aliphatic carboxylic acids is 1. The summed E-state index contributed by atoms with van der Waals surface area (Å²) < 4.78 is 0. The maximum absolute atomic E-state index is 10.9. The Kier molecular flexibility index (Phi) is 4.11. The average molecular weight is 265 g/mol. The Bertz CT molecular complexity index is 309. The van der Waals surface area contributed by atoms with Gasteiger partial charge in [-0.3, -0.25) is 9.69 Å². The monoisotopic (exact) mass is 265 g/mol. The highest BCUT2D eigenvalue weighted by molar-refractivity contribution is 5.67. The lowest BCUT2D eigenvalue weighted by molar-refractivity contribution is -0.138. The minimum absolute atomic E-state index is 0.394. The molecule has 2 saturated heterocycles. The van der Waals surface area contributed by atoms with Gasteiger partial charge in [-0.15, -0.1) is 0 Å². The number of hydrogen-bond donors (Lipinski definition) is 1. The van der Waals surface area contributed by atoms with Gasteiger partial charge in [-0.25, -0.2) is 0 Å². The topological polar surface area (TPSA) is 40.5 Å². The fraction of sp³-hybridized carbons (Fsp3) is 0.938. The van der Waals surface area contributed by atoms with E-state index in [0.29, 0.717) is 24.4 Å². The van der Waals surface area contributed by atoms with Gasteiger partial charge in [-0.2, -0.15) is 0 Å².